The summed E-state index contributed by atoms with van der Waals surface area (Å²) >= 11 is 7.41. The second-order valence-corrected chi connectivity index (χ2v) is 6.97. The van der Waals surface area contributed by atoms with E-state index >= 15 is 0 Å². The molecule has 0 radical (unpaired) electrons. The fourth-order valence-corrected chi connectivity index (χ4v) is 3.83. The molecule has 0 fully saturated rings. The summed E-state index contributed by atoms with van der Waals surface area (Å²) in [6.07, 6.45) is 1.07. The van der Waals surface area contributed by atoms with Crippen molar-refractivity contribution in [1.29, 1.82) is 0 Å². The fraction of sp³-hybridized carbons (Fsp3) is 0.188. The minimum Gasteiger partial charge on any atom is -0.331 e. The highest BCUT2D eigenvalue weighted by Crippen LogP contribution is 2.36. The molecule has 1 N–H and O–H groups in total. The van der Waals surface area contributed by atoms with Crippen molar-refractivity contribution in [3.05, 3.63) is 61.7 Å². The highest BCUT2D eigenvalue weighted by atomic mass is 127. The molecule has 2 nitrogen and oxygen atoms in total. The van der Waals surface area contributed by atoms with Crippen molar-refractivity contribution in [2.75, 3.05) is 0 Å². The van der Waals surface area contributed by atoms with E-state index in [0.29, 0.717) is 14.3 Å². The maximum atomic E-state index is 13.8. The van der Waals surface area contributed by atoms with Crippen LogP contribution >= 0.6 is 34.8 Å². The van der Waals surface area contributed by atoms with Gasteiger partial charge in [-0.2, -0.15) is 0 Å². The summed E-state index contributed by atoms with van der Waals surface area (Å²) < 4.78 is 17.1. The van der Waals surface area contributed by atoms with Gasteiger partial charge in [0.15, 0.2) is 4.77 Å². The molecule has 1 aromatic heterocycles. The van der Waals surface area contributed by atoms with Gasteiger partial charge in [-0.15, -0.1) is 0 Å². The molecule has 1 heterocycles. The first kappa shape index (κ1) is 13.5. The lowest BCUT2D eigenvalue weighted by Gasteiger charge is -2.30. The van der Waals surface area contributed by atoms with Gasteiger partial charge in [0.2, 0.25) is 0 Å². The number of hydrogen-bond acceptors (Lipinski definition) is 1. The number of nitrogens with one attached hydrogen (secondary N) is 1. The summed E-state index contributed by atoms with van der Waals surface area (Å²) in [4.78, 5) is 3.18. The van der Waals surface area contributed by atoms with E-state index in [-0.39, 0.29) is 5.82 Å². The topological polar surface area (TPSA) is 20.7 Å². The van der Waals surface area contributed by atoms with Crippen LogP contribution in [0.2, 0.25) is 0 Å². The van der Waals surface area contributed by atoms with Crippen LogP contribution in [0.1, 0.15) is 17.0 Å². The third-order valence-electron chi connectivity index (χ3n) is 4.18. The number of halogens is 2. The van der Waals surface area contributed by atoms with Crippen LogP contribution in [-0.2, 0) is 13.0 Å². The van der Waals surface area contributed by atoms with Gasteiger partial charge in [0.1, 0.15) is 5.82 Å². The predicted molar refractivity (Wildman–Crippen MR) is 92.7 cm³/mol. The normalized spacial score (nSPS) is 16.8. The number of nitrogens with zero attached hydrogens (tertiary/aromatic N) is 1. The number of benzene rings is 2. The number of rotatable bonds is 2. The first-order chi connectivity index (χ1) is 10.1. The van der Waals surface area contributed by atoms with Gasteiger partial charge in [0.25, 0.3) is 0 Å². The van der Waals surface area contributed by atoms with Gasteiger partial charge < -0.3 is 9.55 Å². The van der Waals surface area contributed by atoms with E-state index in [1.807, 2.05) is 33.2 Å². The van der Waals surface area contributed by atoms with E-state index in [4.69, 9.17) is 12.2 Å². The number of imidazole rings is 1. The van der Waals surface area contributed by atoms with E-state index in [1.54, 1.807) is 6.07 Å². The number of aromatic nitrogens is 2. The molecule has 106 valence electrons. The molecule has 1 atom stereocenters. The Morgan fingerprint density at radius 2 is 2.14 bits per heavy atom. The van der Waals surface area contributed by atoms with Crippen LogP contribution in [0.5, 0.6) is 0 Å². The average Bonchev–Trinajstić information content (AvgIpc) is 2.72. The Bertz CT molecular complexity index is 912. The summed E-state index contributed by atoms with van der Waals surface area (Å²) in [5.74, 6) is 0.272. The lowest BCUT2D eigenvalue weighted by Crippen LogP contribution is -2.21. The van der Waals surface area contributed by atoms with Crippen LogP contribution < -0.4 is 0 Å². The second kappa shape index (κ2) is 4.91. The molecule has 2 aromatic carbocycles. The van der Waals surface area contributed by atoms with Crippen molar-refractivity contribution in [2.45, 2.75) is 18.9 Å². The Hall–Kier alpha value is -1.21. The Balaban J connectivity index is 1.77. The van der Waals surface area contributed by atoms with Gasteiger partial charge >= 0.3 is 0 Å². The minimum atomic E-state index is -0.195. The quantitative estimate of drug-likeness (QED) is 0.476. The van der Waals surface area contributed by atoms with E-state index < -0.39 is 0 Å². The van der Waals surface area contributed by atoms with Gasteiger partial charge in [-0.1, -0.05) is 24.3 Å². The summed E-state index contributed by atoms with van der Waals surface area (Å²) in [5, 5.41) is 0. The second-order valence-electron chi connectivity index (χ2n) is 5.42. The molecule has 21 heavy (non-hydrogen) atoms. The standard InChI is InChI=1S/C16H12FIN2S/c17-12-6-15-14(7-13(12)18)19-16(21)20(15)8-10-5-9-3-1-2-4-11(9)10/h1-4,6-7,10H,5,8H2,(H,19,21). The molecule has 5 heteroatoms. The zero-order chi connectivity index (χ0) is 14.6. The van der Waals surface area contributed by atoms with E-state index in [9.17, 15) is 4.39 Å². The molecule has 1 aliphatic carbocycles. The van der Waals surface area contributed by atoms with Gasteiger partial charge in [-0.25, -0.2) is 4.39 Å². The van der Waals surface area contributed by atoms with Crippen molar-refractivity contribution in [2.24, 2.45) is 0 Å². The van der Waals surface area contributed by atoms with Crippen molar-refractivity contribution in [3.8, 4) is 0 Å². The van der Waals surface area contributed by atoms with Crippen LogP contribution in [0.25, 0.3) is 11.0 Å². The van der Waals surface area contributed by atoms with Crippen LogP contribution in [0.4, 0.5) is 4.39 Å². The maximum Gasteiger partial charge on any atom is 0.178 e. The Morgan fingerprint density at radius 3 is 2.95 bits per heavy atom. The molecule has 4 rings (SSSR count). The highest BCUT2D eigenvalue weighted by molar-refractivity contribution is 14.1. The van der Waals surface area contributed by atoms with Gasteiger partial charge in [0, 0.05) is 18.5 Å². The largest absolute Gasteiger partial charge is 0.331 e. The third-order valence-corrected chi connectivity index (χ3v) is 5.33. The molecular formula is C16H12FIN2S. The summed E-state index contributed by atoms with van der Waals surface area (Å²) in [6, 6.07) is 11.9. The predicted octanol–water partition coefficient (Wildman–Crippen LogP) is 4.78. The first-order valence-corrected chi connectivity index (χ1v) is 8.27. The Kier molecular flexibility index (Phi) is 3.15. The molecule has 0 bridgehead atoms. The van der Waals surface area contributed by atoms with Crippen LogP contribution in [0.15, 0.2) is 36.4 Å². The van der Waals surface area contributed by atoms with Crippen LogP contribution in [0, 0.1) is 14.2 Å². The lowest BCUT2D eigenvalue weighted by atomic mass is 9.77. The van der Waals surface area contributed by atoms with Crippen molar-refractivity contribution in [3.63, 3.8) is 0 Å². The smallest absolute Gasteiger partial charge is 0.178 e. The highest BCUT2D eigenvalue weighted by Gasteiger charge is 2.26. The molecule has 0 amide bonds. The van der Waals surface area contributed by atoms with Gasteiger partial charge in [-0.05, 0) is 58.4 Å². The Labute approximate surface area is 140 Å². The van der Waals surface area contributed by atoms with E-state index in [1.165, 1.54) is 11.1 Å². The third kappa shape index (κ3) is 2.14. The molecule has 3 aromatic rings. The van der Waals surface area contributed by atoms with Crippen LogP contribution in [-0.4, -0.2) is 9.55 Å². The molecule has 1 aliphatic rings. The van der Waals surface area contributed by atoms with Gasteiger partial charge in [-0.3, -0.25) is 0 Å². The summed E-state index contributed by atoms with van der Waals surface area (Å²) in [7, 11) is 0. The molecule has 0 saturated heterocycles. The SMILES string of the molecule is Fc1cc2c(cc1I)[nH]c(=S)n2CC1Cc2ccccc21. The molecule has 0 aliphatic heterocycles. The number of aromatic amines is 1. The maximum absolute atomic E-state index is 13.8. The minimum absolute atomic E-state index is 0.195. The first-order valence-electron chi connectivity index (χ1n) is 6.79. The molecular weight excluding hydrogens is 398 g/mol. The van der Waals surface area contributed by atoms with Crippen molar-refractivity contribution in [1.82, 2.24) is 9.55 Å². The molecule has 0 saturated carbocycles. The van der Waals surface area contributed by atoms with E-state index in [0.717, 1.165) is 24.0 Å². The summed E-state index contributed by atoms with van der Waals surface area (Å²) in [5.41, 5.74) is 4.55. The molecule has 1 unspecified atom stereocenters. The Morgan fingerprint density at radius 1 is 1.33 bits per heavy atom. The van der Waals surface area contributed by atoms with E-state index in [2.05, 4.69) is 29.2 Å². The number of hydrogen-bond donors (Lipinski definition) is 1. The van der Waals surface area contributed by atoms with Crippen molar-refractivity contribution >= 4 is 45.8 Å². The number of fused-ring (bicyclic) bond motifs is 2. The average molecular weight is 410 g/mol. The fourth-order valence-electron chi connectivity index (χ4n) is 3.08. The summed E-state index contributed by atoms with van der Waals surface area (Å²) in [6.45, 7) is 0.801. The van der Waals surface area contributed by atoms with Gasteiger partial charge in [0.05, 0.1) is 14.6 Å². The van der Waals surface area contributed by atoms with Crippen molar-refractivity contribution < 1.29 is 4.39 Å². The van der Waals surface area contributed by atoms with Crippen LogP contribution in [0.3, 0.4) is 0 Å². The zero-order valence-electron chi connectivity index (χ0n) is 11.1. The molecule has 0 spiro atoms. The monoisotopic (exact) mass is 410 g/mol. The zero-order valence-corrected chi connectivity index (χ0v) is 14.0. The lowest BCUT2D eigenvalue weighted by molar-refractivity contribution is 0.513. The number of H-pyrrole nitrogens is 1.